The molecule has 8 nitrogen and oxygen atoms in total. The van der Waals surface area contributed by atoms with Gasteiger partial charge in [0.15, 0.2) is 0 Å². The van der Waals surface area contributed by atoms with Gasteiger partial charge in [0.25, 0.3) is 5.91 Å². The van der Waals surface area contributed by atoms with Crippen LogP contribution in [0.3, 0.4) is 0 Å². The normalized spacial score (nSPS) is 11.0. The van der Waals surface area contributed by atoms with Gasteiger partial charge in [0.2, 0.25) is 0 Å². The summed E-state index contributed by atoms with van der Waals surface area (Å²) >= 11 is 3.38. The van der Waals surface area contributed by atoms with Crippen LogP contribution in [-0.4, -0.2) is 39.2 Å². The molecule has 0 saturated heterocycles. The molecule has 1 amide bonds. The first-order chi connectivity index (χ1) is 15.4. The molecule has 0 fully saturated rings. The van der Waals surface area contributed by atoms with Crippen molar-refractivity contribution in [2.75, 3.05) is 27.4 Å². The number of hydrogen-bond donors (Lipinski definition) is 1. The molecule has 32 heavy (non-hydrogen) atoms. The molecule has 0 spiro atoms. The molecule has 1 aromatic heterocycles. The Morgan fingerprint density at radius 1 is 1.12 bits per heavy atom. The fraction of sp³-hybridized carbons (Fsp3) is 0.174. The molecule has 1 N–H and O–H groups in total. The van der Waals surface area contributed by atoms with E-state index in [9.17, 15) is 14.4 Å². The predicted molar refractivity (Wildman–Crippen MR) is 122 cm³/mol. The van der Waals surface area contributed by atoms with E-state index in [1.807, 2.05) is 0 Å². The zero-order valence-corrected chi connectivity index (χ0v) is 18.9. The smallest absolute Gasteiger partial charge is 0.349 e. The Labute approximate surface area is 191 Å². The SMILES string of the molecule is COCCNC(=O)c1cc2ccc(OC(=O)/C=C/c3ccc(OC)c(Br)c3)cc2oc1=O. The molecule has 0 bridgehead atoms. The number of fused-ring (bicyclic) bond motifs is 1. The summed E-state index contributed by atoms with van der Waals surface area (Å²) in [5, 5.41) is 3.08. The number of halogens is 1. The van der Waals surface area contributed by atoms with Crippen LogP contribution in [0.15, 0.2) is 62.2 Å². The van der Waals surface area contributed by atoms with E-state index in [0.717, 1.165) is 10.0 Å². The Balaban J connectivity index is 1.72. The minimum Gasteiger partial charge on any atom is -0.496 e. The van der Waals surface area contributed by atoms with Crippen LogP contribution in [-0.2, 0) is 9.53 Å². The third kappa shape index (κ3) is 5.83. The summed E-state index contributed by atoms with van der Waals surface area (Å²) in [4.78, 5) is 36.5. The van der Waals surface area contributed by atoms with Crippen molar-refractivity contribution >= 4 is 44.9 Å². The molecule has 166 valence electrons. The maximum absolute atomic E-state index is 12.2. The van der Waals surface area contributed by atoms with Crippen LogP contribution in [0.25, 0.3) is 17.0 Å². The highest BCUT2D eigenvalue weighted by Gasteiger charge is 2.14. The molecule has 0 aliphatic heterocycles. The van der Waals surface area contributed by atoms with Crippen LogP contribution in [0.4, 0.5) is 0 Å². The van der Waals surface area contributed by atoms with Crippen molar-refractivity contribution in [2.45, 2.75) is 0 Å². The Morgan fingerprint density at radius 2 is 1.94 bits per heavy atom. The molecule has 0 aliphatic rings. The summed E-state index contributed by atoms with van der Waals surface area (Å²) in [5.41, 5.74) is 0.0556. The van der Waals surface area contributed by atoms with E-state index >= 15 is 0 Å². The van der Waals surface area contributed by atoms with Crippen molar-refractivity contribution < 1.29 is 28.2 Å². The first kappa shape index (κ1) is 23.2. The molecule has 0 unspecified atom stereocenters. The van der Waals surface area contributed by atoms with Crippen LogP contribution in [0.2, 0.25) is 0 Å². The molecule has 0 aliphatic carbocycles. The van der Waals surface area contributed by atoms with Gasteiger partial charge in [0, 0.05) is 31.2 Å². The second-order valence-electron chi connectivity index (χ2n) is 6.54. The number of ether oxygens (including phenoxy) is 3. The van der Waals surface area contributed by atoms with Crippen LogP contribution in [0.1, 0.15) is 15.9 Å². The number of rotatable bonds is 8. The second-order valence-corrected chi connectivity index (χ2v) is 7.40. The highest BCUT2D eigenvalue weighted by atomic mass is 79.9. The topological polar surface area (TPSA) is 104 Å². The summed E-state index contributed by atoms with van der Waals surface area (Å²) in [5.74, 6) is -0.280. The number of methoxy groups -OCH3 is 2. The number of amides is 1. The molecule has 3 aromatic rings. The predicted octanol–water partition coefficient (Wildman–Crippen LogP) is 3.56. The van der Waals surface area contributed by atoms with E-state index in [4.69, 9.17) is 18.6 Å². The Bertz CT molecular complexity index is 1230. The monoisotopic (exact) mass is 501 g/mol. The van der Waals surface area contributed by atoms with Gasteiger partial charge in [-0.2, -0.15) is 0 Å². The number of carbonyl (C=O) groups excluding carboxylic acids is 2. The fourth-order valence-corrected chi connectivity index (χ4v) is 3.33. The minimum absolute atomic E-state index is 0.119. The number of hydrogen-bond acceptors (Lipinski definition) is 7. The van der Waals surface area contributed by atoms with Crippen LogP contribution >= 0.6 is 15.9 Å². The van der Waals surface area contributed by atoms with E-state index in [1.165, 1.54) is 25.3 Å². The van der Waals surface area contributed by atoms with Gasteiger partial charge in [0.1, 0.15) is 22.6 Å². The third-order valence-electron chi connectivity index (χ3n) is 4.35. The number of esters is 1. The van der Waals surface area contributed by atoms with Crippen LogP contribution in [0.5, 0.6) is 11.5 Å². The van der Waals surface area contributed by atoms with Crippen molar-refractivity contribution in [1.82, 2.24) is 5.32 Å². The summed E-state index contributed by atoms with van der Waals surface area (Å²) in [7, 11) is 3.08. The van der Waals surface area contributed by atoms with Crippen molar-refractivity contribution in [1.29, 1.82) is 0 Å². The molecule has 0 atom stereocenters. The van der Waals surface area contributed by atoms with Crippen LogP contribution in [0, 0.1) is 0 Å². The van der Waals surface area contributed by atoms with Gasteiger partial charge >= 0.3 is 11.6 Å². The van der Waals surface area contributed by atoms with Crippen LogP contribution < -0.4 is 20.4 Å². The Hall–Kier alpha value is -3.43. The van der Waals surface area contributed by atoms with E-state index < -0.39 is 17.5 Å². The molecule has 9 heteroatoms. The number of benzene rings is 2. The van der Waals surface area contributed by atoms with Crippen molar-refractivity contribution in [3.05, 3.63) is 74.6 Å². The largest absolute Gasteiger partial charge is 0.496 e. The maximum atomic E-state index is 12.2. The Kier molecular flexibility index (Phi) is 7.80. The van der Waals surface area contributed by atoms with Gasteiger partial charge in [0.05, 0.1) is 18.2 Å². The first-order valence-electron chi connectivity index (χ1n) is 9.49. The molecule has 3 rings (SSSR count). The van der Waals surface area contributed by atoms with E-state index in [1.54, 1.807) is 43.5 Å². The van der Waals surface area contributed by atoms with Gasteiger partial charge in [-0.25, -0.2) is 9.59 Å². The average molecular weight is 502 g/mol. The van der Waals surface area contributed by atoms with Crippen molar-refractivity contribution in [3.63, 3.8) is 0 Å². The Morgan fingerprint density at radius 3 is 2.66 bits per heavy atom. The summed E-state index contributed by atoms with van der Waals surface area (Å²) < 4.78 is 21.3. The molecular weight excluding hydrogens is 482 g/mol. The highest BCUT2D eigenvalue weighted by molar-refractivity contribution is 9.10. The summed E-state index contributed by atoms with van der Waals surface area (Å²) in [6.45, 7) is 0.590. The summed E-state index contributed by atoms with van der Waals surface area (Å²) in [6.07, 6.45) is 2.88. The minimum atomic E-state index is -0.791. The number of carbonyl (C=O) groups is 2. The first-order valence-corrected chi connectivity index (χ1v) is 10.3. The van der Waals surface area contributed by atoms with Crippen molar-refractivity contribution in [2.24, 2.45) is 0 Å². The second kappa shape index (κ2) is 10.7. The van der Waals surface area contributed by atoms with Crippen molar-refractivity contribution in [3.8, 4) is 11.5 Å². The van der Waals surface area contributed by atoms with E-state index in [2.05, 4.69) is 21.2 Å². The highest BCUT2D eigenvalue weighted by Crippen LogP contribution is 2.26. The molecule has 2 aromatic carbocycles. The van der Waals surface area contributed by atoms with Gasteiger partial charge in [-0.05, 0) is 57.9 Å². The van der Waals surface area contributed by atoms with Gasteiger partial charge in [-0.1, -0.05) is 6.07 Å². The molecule has 0 saturated carbocycles. The fourth-order valence-electron chi connectivity index (χ4n) is 2.78. The zero-order chi connectivity index (χ0) is 23.1. The lowest BCUT2D eigenvalue weighted by molar-refractivity contribution is -0.128. The zero-order valence-electron chi connectivity index (χ0n) is 17.3. The lowest BCUT2D eigenvalue weighted by Gasteiger charge is -2.06. The lowest BCUT2D eigenvalue weighted by Crippen LogP contribution is -2.30. The molecule has 1 heterocycles. The lowest BCUT2D eigenvalue weighted by atomic mass is 10.1. The molecular formula is C23H20BrNO7. The van der Waals surface area contributed by atoms with Gasteiger partial charge in [-0.3, -0.25) is 4.79 Å². The molecule has 0 radical (unpaired) electrons. The third-order valence-corrected chi connectivity index (χ3v) is 4.97. The van der Waals surface area contributed by atoms with Gasteiger partial charge in [-0.15, -0.1) is 0 Å². The number of nitrogens with one attached hydrogen (secondary N) is 1. The standard InChI is InChI=1S/C23H20BrNO7/c1-29-10-9-25-22(27)17-12-15-5-6-16(13-20(15)32-23(17)28)31-21(26)8-4-14-3-7-19(30-2)18(24)11-14/h3-8,11-13H,9-10H2,1-2H3,(H,25,27)/b8-4+. The summed E-state index contributed by atoms with van der Waals surface area (Å²) in [6, 6.07) is 11.3. The van der Waals surface area contributed by atoms with E-state index in [-0.39, 0.29) is 23.4 Å². The van der Waals surface area contributed by atoms with Gasteiger partial charge < -0.3 is 23.9 Å². The average Bonchev–Trinajstić information content (AvgIpc) is 2.77. The van der Waals surface area contributed by atoms with E-state index in [0.29, 0.717) is 17.7 Å². The maximum Gasteiger partial charge on any atom is 0.349 e. The quantitative estimate of drug-likeness (QED) is 0.165.